The Kier molecular flexibility index (Phi) is 4.86. The largest absolute Gasteiger partial charge is 0.388 e. The van der Waals surface area contributed by atoms with Crippen molar-refractivity contribution in [3.8, 4) is 0 Å². The van der Waals surface area contributed by atoms with Gasteiger partial charge in [0.1, 0.15) is 18.3 Å². The molecule has 0 saturated carbocycles. The van der Waals surface area contributed by atoms with Crippen molar-refractivity contribution in [1.82, 2.24) is 0 Å². The van der Waals surface area contributed by atoms with Crippen LogP contribution in [0.1, 0.15) is 13.8 Å². The van der Waals surface area contributed by atoms with E-state index >= 15 is 0 Å². The van der Waals surface area contributed by atoms with E-state index in [4.69, 9.17) is 4.74 Å². The highest BCUT2D eigenvalue weighted by molar-refractivity contribution is 7.98. The van der Waals surface area contributed by atoms with E-state index in [-0.39, 0.29) is 5.92 Å². The second kappa shape index (κ2) is 5.50. The molecule has 1 rings (SSSR count). The van der Waals surface area contributed by atoms with Crippen LogP contribution in [0.2, 0.25) is 0 Å². The smallest absolute Gasteiger partial charge is 0.111 e. The van der Waals surface area contributed by atoms with Gasteiger partial charge in [0.05, 0.1) is 12.2 Å². The molecule has 15 heavy (non-hydrogen) atoms. The number of aliphatic hydroxyl groups excluding tert-OH is 3. The minimum absolute atomic E-state index is 0.117. The third-order valence-electron chi connectivity index (χ3n) is 2.74. The monoisotopic (exact) mass is 236 g/mol. The fourth-order valence-electron chi connectivity index (χ4n) is 1.83. The normalized spacial score (nSPS) is 42.2. The zero-order chi connectivity index (χ0) is 11.6. The van der Waals surface area contributed by atoms with Crippen molar-refractivity contribution < 1.29 is 20.1 Å². The van der Waals surface area contributed by atoms with Crippen LogP contribution in [0, 0.1) is 5.92 Å². The average Bonchev–Trinajstić information content (AvgIpc) is 2.18. The lowest BCUT2D eigenvalue weighted by Crippen LogP contribution is -2.59. The summed E-state index contributed by atoms with van der Waals surface area (Å²) in [5.74, 6) is 0.736. The molecule has 1 heterocycles. The Morgan fingerprint density at radius 1 is 1.13 bits per heavy atom. The molecule has 1 fully saturated rings. The van der Waals surface area contributed by atoms with Crippen LogP contribution in [0.5, 0.6) is 0 Å². The van der Waals surface area contributed by atoms with E-state index in [9.17, 15) is 15.3 Å². The molecule has 3 N–H and O–H groups in total. The molecule has 0 aromatic carbocycles. The molecule has 1 aliphatic rings. The van der Waals surface area contributed by atoms with E-state index in [1.54, 1.807) is 11.8 Å². The molecule has 1 saturated heterocycles. The summed E-state index contributed by atoms with van der Waals surface area (Å²) in [4.78, 5) is 0. The van der Waals surface area contributed by atoms with Crippen LogP contribution in [0.25, 0.3) is 0 Å². The summed E-state index contributed by atoms with van der Waals surface area (Å²) in [6, 6.07) is 0. The quantitative estimate of drug-likeness (QED) is 0.636. The van der Waals surface area contributed by atoms with E-state index in [1.807, 2.05) is 20.1 Å². The van der Waals surface area contributed by atoms with Gasteiger partial charge in [-0.05, 0) is 12.2 Å². The first-order valence-electron chi connectivity index (χ1n) is 5.17. The Morgan fingerprint density at radius 2 is 1.73 bits per heavy atom. The van der Waals surface area contributed by atoms with Gasteiger partial charge in [0.2, 0.25) is 0 Å². The van der Waals surface area contributed by atoms with Crippen molar-refractivity contribution in [2.75, 3.05) is 12.0 Å². The van der Waals surface area contributed by atoms with Crippen molar-refractivity contribution in [3.05, 3.63) is 0 Å². The highest BCUT2D eigenvalue weighted by Gasteiger charge is 2.44. The Morgan fingerprint density at radius 3 is 2.20 bits per heavy atom. The van der Waals surface area contributed by atoms with Crippen molar-refractivity contribution in [3.63, 3.8) is 0 Å². The van der Waals surface area contributed by atoms with Crippen molar-refractivity contribution in [2.45, 2.75) is 44.4 Å². The maximum absolute atomic E-state index is 9.72. The Bertz CT molecular complexity index is 200. The van der Waals surface area contributed by atoms with Gasteiger partial charge in [-0.15, -0.1) is 0 Å². The second-order valence-corrected chi connectivity index (χ2v) is 5.22. The fraction of sp³-hybridized carbons (Fsp3) is 1.00. The third-order valence-corrected chi connectivity index (χ3v) is 3.40. The summed E-state index contributed by atoms with van der Waals surface area (Å²) < 4.78 is 5.60. The summed E-state index contributed by atoms with van der Waals surface area (Å²) in [5.41, 5.74) is 0. The molecule has 0 aromatic heterocycles. The topological polar surface area (TPSA) is 69.9 Å². The minimum Gasteiger partial charge on any atom is -0.388 e. The second-order valence-electron chi connectivity index (χ2n) is 4.31. The lowest BCUT2D eigenvalue weighted by atomic mass is 9.90. The minimum atomic E-state index is -1.11. The molecule has 1 aliphatic heterocycles. The maximum atomic E-state index is 9.72. The molecular weight excluding hydrogens is 216 g/mol. The van der Waals surface area contributed by atoms with Crippen LogP contribution >= 0.6 is 11.8 Å². The Hall–Kier alpha value is 0.190. The van der Waals surface area contributed by atoms with Crippen molar-refractivity contribution in [1.29, 1.82) is 0 Å². The summed E-state index contributed by atoms with van der Waals surface area (Å²) in [5, 5.41) is 29.1. The number of rotatable bonds is 3. The summed E-state index contributed by atoms with van der Waals surface area (Å²) in [6.45, 7) is 3.85. The summed E-state index contributed by atoms with van der Waals surface area (Å²) in [6.07, 6.45) is -1.99. The van der Waals surface area contributed by atoms with Crippen LogP contribution in [-0.2, 0) is 4.74 Å². The maximum Gasteiger partial charge on any atom is 0.111 e. The Labute approximate surface area is 94.6 Å². The van der Waals surface area contributed by atoms with Crippen LogP contribution in [0.4, 0.5) is 0 Å². The molecule has 0 aromatic rings. The first-order chi connectivity index (χ1) is 6.99. The molecular formula is C10H20O4S. The number of aliphatic hydroxyl groups is 3. The van der Waals surface area contributed by atoms with E-state index in [2.05, 4.69) is 0 Å². The predicted octanol–water partition coefficient (Wildman–Crippen LogP) is -0.144. The molecule has 5 heteroatoms. The zero-order valence-corrected chi connectivity index (χ0v) is 10.1. The van der Waals surface area contributed by atoms with Crippen LogP contribution in [0.15, 0.2) is 0 Å². The third kappa shape index (κ3) is 2.85. The molecule has 4 nitrogen and oxygen atoms in total. The van der Waals surface area contributed by atoms with Gasteiger partial charge in [-0.25, -0.2) is 0 Å². The number of hydrogen-bond acceptors (Lipinski definition) is 5. The molecule has 90 valence electrons. The molecule has 0 amide bonds. The van der Waals surface area contributed by atoms with E-state index in [1.165, 1.54) is 0 Å². The Balaban J connectivity index is 2.71. The van der Waals surface area contributed by atoms with E-state index < -0.39 is 30.5 Å². The average molecular weight is 236 g/mol. The molecule has 0 spiro atoms. The molecule has 5 atom stereocenters. The predicted molar refractivity (Wildman–Crippen MR) is 59.9 cm³/mol. The van der Waals surface area contributed by atoms with Crippen LogP contribution < -0.4 is 0 Å². The van der Waals surface area contributed by atoms with E-state index in [0.717, 1.165) is 0 Å². The van der Waals surface area contributed by atoms with Gasteiger partial charge < -0.3 is 20.1 Å². The van der Waals surface area contributed by atoms with Gasteiger partial charge in [-0.2, -0.15) is 11.8 Å². The van der Waals surface area contributed by atoms with E-state index in [0.29, 0.717) is 5.75 Å². The fourth-order valence-corrected chi connectivity index (χ4v) is 2.44. The highest BCUT2D eigenvalue weighted by atomic mass is 32.2. The van der Waals surface area contributed by atoms with Gasteiger partial charge in [-0.3, -0.25) is 0 Å². The van der Waals surface area contributed by atoms with Crippen molar-refractivity contribution >= 4 is 11.8 Å². The zero-order valence-electron chi connectivity index (χ0n) is 9.33. The lowest BCUT2D eigenvalue weighted by molar-refractivity contribution is -0.225. The molecule has 0 radical (unpaired) electrons. The van der Waals surface area contributed by atoms with Crippen LogP contribution in [0.3, 0.4) is 0 Å². The number of hydrogen-bond donors (Lipinski definition) is 3. The first-order valence-corrected chi connectivity index (χ1v) is 6.57. The van der Waals surface area contributed by atoms with Gasteiger partial charge in [0, 0.05) is 5.75 Å². The first kappa shape index (κ1) is 13.3. The summed E-state index contributed by atoms with van der Waals surface area (Å²) >= 11 is 1.55. The van der Waals surface area contributed by atoms with Crippen molar-refractivity contribution in [2.24, 2.45) is 5.92 Å². The number of ether oxygens (including phenoxy) is 1. The van der Waals surface area contributed by atoms with Crippen LogP contribution in [-0.4, -0.2) is 57.8 Å². The van der Waals surface area contributed by atoms with Gasteiger partial charge >= 0.3 is 0 Å². The lowest BCUT2D eigenvalue weighted by Gasteiger charge is -2.42. The van der Waals surface area contributed by atoms with Gasteiger partial charge in [-0.1, -0.05) is 13.8 Å². The van der Waals surface area contributed by atoms with Gasteiger partial charge in [0.15, 0.2) is 0 Å². The SMILES string of the molecule is CSCC1O[C@@H](C(C)C)C(O)[C@@H](O)[C@@H]1O. The molecule has 0 bridgehead atoms. The number of thioether (sulfide) groups is 1. The molecule has 2 unspecified atom stereocenters. The highest BCUT2D eigenvalue weighted by Crippen LogP contribution is 2.27. The standard InChI is InChI=1S/C10H20O4S/c1-5(2)10-9(13)8(12)7(11)6(14-10)4-15-3/h5-13H,4H2,1-3H3/t6?,7-,8+,9?,10+/m1/s1. The molecule has 0 aliphatic carbocycles. The summed E-state index contributed by atoms with van der Waals surface area (Å²) in [7, 11) is 0. The van der Waals surface area contributed by atoms with Gasteiger partial charge in [0.25, 0.3) is 0 Å².